The predicted molar refractivity (Wildman–Crippen MR) is 80.2 cm³/mol. The molecule has 9 heteroatoms. The molecular weight excluding hydrogens is 320 g/mol. The summed E-state index contributed by atoms with van der Waals surface area (Å²) in [4.78, 5) is 25.4. The summed E-state index contributed by atoms with van der Waals surface area (Å²) < 4.78 is 27.7. The molecule has 7 nitrogen and oxygen atoms in total. The Balaban J connectivity index is 1.60. The Morgan fingerprint density at radius 2 is 2.17 bits per heavy atom. The number of hydrogen-bond donors (Lipinski definition) is 1. The highest BCUT2D eigenvalue weighted by molar-refractivity contribution is 5.96. The van der Waals surface area contributed by atoms with Gasteiger partial charge in [-0.2, -0.15) is 0 Å². The van der Waals surface area contributed by atoms with Crippen molar-refractivity contribution in [1.82, 2.24) is 20.3 Å². The first kappa shape index (κ1) is 16.0. The van der Waals surface area contributed by atoms with Crippen LogP contribution in [0.3, 0.4) is 0 Å². The van der Waals surface area contributed by atoms with Gasteiger partial charge in [0.1, 0.15) is 0 Å². The monoisotopic (exact) mass is 335 g/mol. The van der Waals surface area contributed by atoms with E-state index in [0.717, 1.165) is 12.1 Å². The molecule has 1 atom stereocenters. The predicted octanol–water partition coefficient (Wildman–Crippen LogP) is 0.876. The van der Waals surface area contributed by atoms with Crippen molar-refractivity contribution in [3.63, 3.8) is 0 Å². The van der Waals surface area contributed by atoms with Crippen molar-refractivity contribution in [2.45, 2.75) is 6.42 Å². The molecule has 1 aliphatic rings. The van der Waals surface area contributed by atoms with E-state index in [-0.39, 0.29) is 36.4 Å². The number of carbonyl (C=O) groups is 2. The molecule has 0 bridgehead atoms. The Bertz CT molecular complexity index is 792. The SMILES string of the molecule is Cn1cc(C(=O)NCC2CC(=O)N(c3ccc(F)c(F)c3)C2)nn1. The van der Waals surface area contributed by atoms with Crippen LogP contribution in [0, 0.1) is 17.6 Å². The zero-order chi connectivity index (χ0) is 17.3. The number of anilines is 1. The van der Waals surface area contributed by atoms with E-state index < -0.39 is 11.6 Å². The molecule has 2 heterocycles. The Morgan fingerprint density at radius 3 is 2.83 bits per heavy atom. The zero-order valence-corrected chi connectivity index (χ0v) is 12.9. The van der Waals surface area contributed by atoms with Gasteiger partial charge in [-0.25, -0.2) is 8.78 Å². The number of aryl methyl sites for hydroxylation is 1. The maximum atomic E-state index is 13.3. The second-order valence-electron chi connectivity index (χ2n) is 5.66. The van der Waals surface area contributed by atoms with Gasteiger partial charge in [0.05, 0.1) is 6.20 Å². The highest BCUT2D eigenvalue weighted by Gasteiger charge is 2.31. The Labute approximate surface area is 136 Å². The van der Waals surface area contributed by atoms with Crippen LogP contribution in [0.4, 0.5) is 14.5 Å². The van der Waals surface area contributed by atoms with Crippen molar-refractivity contribution < 1.29 is 18.4 Å². The molecule has 1 unspecified atom stereocenters. The van der Waals surface area contributed by atoms with Crippen LogP contribution in [0.5, 0.6) is 0 Å². The van der Waals surface area contributed by atoms with Gasteiger partial charge in [0.25, 0.3) is 5.91 Å². The summed E-state index contributed by atoms with van der Waals surface area (Å²) in [6.45, 7) is 0.603. The molecule has 2 aromatic rings. The number of carbonyl (C=O) groups excluding carboxylic acids is 2. The molecule has 1 aliphatic heterocycles. The van der Waals surface area contributed by atoms with Crippen LogP contribution in [-0.2, 0) is 11.8 Å². The number of nitrogens with one attached hydrogen (secondary N) is 1. The lowest BCUT2D eigenvalue weighted by Gasteiger charge is -2.17. The van der Waals surface area contributed by atoms with Crippen LogP contribution in [-0.4, -0.2) is 39.9 Å². The smallest absolute Gasteiger partial charge is 0.273 e. The van der Waals surface area contributed by atoms with E-state index in [2.05, 4.69) is 15.6 Å². The third kappa shape index (κ3) is 3.24. The quantitative estimate of drug-likeness (QED) is 0.899. The molecule has 126 valence electrons. The average Bonchev–Trinajstić information content (AvgIpc) is 3.14. The minimum atomic E-state index is -1.00. The standard InChI is InChI=1S/C15H15F2N5O2/c1-21-8-13(19-20-21)15(24)18-6-9-4-14(23)22(7-9)10-2-3-11(16)12(17)5-10/h2-3,5,8-9H,4,6-7H2,1H3,(H,18,24). The fourth-order valence-corrected chi connectivity index (χ4v) is 2.60. The minimum absolute atomic E-state index is 0.119. The molecule has 0 spiro atoms. The van der Waals surface area contributed by atoms with Crippen molar-refractivity contribution in [2.24, 2.45) is 13.0 Å². The Morgan fingerprint density at radius 1 is 1.38 bits per heavy atom. The molecule has 0 radical (unpaired) electrons. The van der Waals surface area contributed by atoms with Crippen molar-refractivity contribution >= 4 is 17.5 Å². The first-order valence-electron chi connectivity index (χ1n) is 7.34. The summed E-state index contributed by atoms with van der Waals surface area (Å²) in [5.41, 5.74) is 0.501. The maximum Gasteiger partial charge on any atom is 0.273 e. The number of hydrogen-bond acceptors (Lipinski definition) is 4. The summed E-state index contributed by atoms with van der Waals surface area (Å²) in [7, 11) is 1.65. The molecule has 0 saturated carbocycles. The summed E-state index contributed by atoms with van der Waals surface area (Å²) >= 11 is 0. The fraction of sp³-hybridized carbons (Fsp3) is 0.333. The van der Waals surface area contributed by atoms with Crippen LogP contribution >= 0.6 is 0 Å². The maximum absolute atomic E-state index is 13.3. The molecule has 1 aromatic carbocycles. The van der Waals surface area contributed by atoms with Gasteiger partial charge in [-0.15, -0.1) is 5.10 Å². The third-order valence-corrected chi connectivity index (χ3v) is 3.81. The van der Waals surface area contributed by atoms with Crippen molar-refractivity contribution in [3.05, 3.63) is 41.7 Å². The van der Waals surface area contributed by atoms with E-state index in [4.69, 9.17) is 0 Å². The first-order chi connectivity index (χ1) is 11.4. The number of benzene rings is 1. The average molecular weight is 335 g/mol. The van der Waals surface area contributed by atoms with Crippen molar-refractivity contribution in [1.29, 1.82) is 0 Å². The van der Waals surface area contributed by atoms with E-state index in [1.165, 1.54) is 21.8 Å². The van der Waals surface area contributed by atoms with E-state index >= 15 is 0 Å². The van der Waals surface area contributed by atoms with Gasteiger partial charge in [0, 0.05) is 44.2 Å². The molecule has 2 amide bonds. The minimum Gasteiger partial charge on any atom is -0.350 e. The number of halogens is 2. The van der Waals surface area contributed by atoms with Crippen LogP contribution in [0.2, 0.25) is 0 Å². The number of amides is 2. The summed E-state index contributed by atoms with van der Waals surface area (Å²) in [5.74, 6) is -2.65. The van der Waals surface area contributed by atoms with Crippen molar-refractivity contribution in [3.8, 4) is 0 Å². The van der Waals surface area contributed by atoms with E-state index in [1.807, 2.05) is 0 Å². The molecule has 3 rings (SSSR count). The number of nitrogens with zero attached hydrogens (tertiary/aromatic N) is 4. The van der Waals surface area contributed by atoms with Gasteiger partial charge < -0.3 is 10.2 Å². The topological polar surface area (TPSA) is 80.1 Å². The number of aromatic nitrogens is 3. The van der Waals surface area contributed by atoms with Gasteiger partial charge in [-0.1, -0.05) is 5.21 Å². The van der Waals surface area contributed by atoms with E-state index in [0.29, 0.717) is 12.2 Å². The molecule has 1 aromatic heterocycles. The van der Waals surface area contributed by atoms with Crippen LogP contribution in [0.1, 0.15) is 16.9 Å². The summed E-state index contributed by atoms with van der Waals surface area (Å²) in [6.07, 6.45) is 1.71. The van der Waals surface area contributed by atoms with Gasteiger partial charge >= 0.3 is 0 Å². The highest BCUT2D eigenvalue weighted by atomic mass is 19.2. The molecular formula is C15H15F2N5O2. The van der Waals surface area contributed by atoms with Gasteiger partial charge in [-0.05, 0) is 12.1 Å². The summed E-state index contributed by atoms with van der Waals surface area (Å²) in [6, 6.07) is 3.34. The van der Waals surface area contributed by atoms with Crippen molar-refractivity contribution in [2.75, 3.05) is 18.0 Å². The zero-order valence-electron chi connectivity index (χ0n) is 12.9. The van der Waals surface area contributed by atoms with Gasteiger partial charge in [-0.3, -0.25) is 14.3 Å². The Kier molecular flexibility index (Phi) is 4.24. The normalized spacial score (nSPS) is 17.4. The van der Waals surface area contributed by atoms with Gasteiger partial charge in [0.15, 0.2) is 17.3 Å². The van der Waals surface area contributed by atoms with Gasteiger partial charge in [0.2, 0.25) is 5.91 Å². The lowest BCUT2D eigenvalue weighted by molar-refractivity contribution is -0.117. The summed E-state index contributed by atoms with van der Waals surface area (Å²) in [5, 5.41) is 10.1. The second-order valence-corrected chi connectivity index (χ2v) is 5.66. The number of rotatable bonds is 4. The van der Waals surface area contributed by atoms with Crippen LogP contribution < -0.4 is 10.2 Å². The first-order valence-corrected chi connectivity index (χ1v) is 7.34. The molecule has 1 saturated heterocycles. The molecule has 1 fully saturated rings. The van der Waals surface area contributed by atoms with Crippen LogP contribution in [0.15, 0.2) is 24.4 Å². The fourth-order valence-electron chi connectivity index (χ4n) is 2.60. The van der Waals surface area contributed by atoms with E-state index in [1.54, 1.807) is 7.05 Å². The van der Waals surface area contributed by atoms with E-state index in [9.17, 15) is 18.4 Å². The third-order valence-electron chi connectivity index (χ3n) is 3.81. The second kappa shape index (κ2) is 6.34. The largest absolute Gasteiger partial charge is 0.350 e. The molecule has 1 N–H and O–H groups in total. The molecule has 24 heavy (non-hydrogen) atoms. The highest BCUT2D eigenvalue weighted by Crippen LogP contribution is 2.26. The van der Waals surface area contributed by atoms with Crippen LogP contribution in [0.25, 0.3) is 0 Å². The molecule has 0 aliphatic carbocycles. The lowest BCUT2D eigenvalue weighted by Crippen LogP contribution is -2.31. The Hall–Kier alpha value is -2.84. The lowest BCUT2D eigenvalue weighted by atomic mass is 10.1.